The summed E-state index contributed by atoms with van der Waals surface area (Å²) in [6, 6.07) is 1.96. The number of anilines is 1. The van der Waals surface area contributed by atoms with E-state index in [0.717, 1.165) is 30.0 Å². The highest BCUT2D eigenvalue weighted by Gasteiger charge is 2.06. The monoisotopic (exact) mass is 207 g/mol. The molecule has 82 valence electrons. The van der Waals surface area contributed by atoms with E-state index in [4.69, 9.17) is 5.21 Å². The molecule has 0 atom stereocenters. The van der Waals surface area contributed by atoms with E-state index in [9.17, 15) is 0 Å². The Kier molecular flexibility index (Phi) is 4.09. The van der Waals surface area contributed by atoms with Crippen molar-refractivity contribution < 1.29 is 5.21 Å². The molecule has 0 aliphatic rings. The number of hydrogen-bond acceptors (Lipinski definition) is 4. The average Bonchev–Trinajstić information content (AvgIpc) is 2.23. The Hall–Kier alpha value is -1.58. The Morgan fingerprint density at radius 1 is 1.47 bits per heavy atom. The fraction of sp³-hybridized carbons (Fsp3) is 0.455. The largest absolute Gasteiger partial charge is 0.411 e. The minimum atomic E-state index is 0.811. The Balaban J connectivity index is 3.01. The molecule has 0 unspecified atom stereocenters. The van der Waals surface area contributed by atoms with Gasteiger partial charge < -0.3 is 10.1 Å². The molecule has 0 radical (unpaired) electrons. The van der Waals surface area contributed by atoms with Crippen LogP contribution in [0.15, 0.2) is 17.4 Å². The molecule has 1 N–H and O–H groups in total. The Bertz CT molecular complexity index is 346. The van der Waals surface area contributed by atoms with Crippen LogP contribution in [-0.4, -0.2) is 29.5 Å². The molecule has 1 aromatic rings. The topological polar surface area (TPSA) is 48.7 Å². The van der Waals surface area contributed by atoms with Crippen molar-refractivity contribution in [1.29, 1.82) is 0 Å². The number of rotatable bonds is 4. The Labute approximate surface area is 90.2 Å². The molecule has 4 heteroatoms. The van der Waals surface area contributed by atoms with Gasteiger partial charge in [0.05, 0.1) is 6.21 Å². The molecule has 0 aromatic carbocycles. The van der Waals surface area contributed by atoms with Crippen molar-refractivity contribution in [3.8, 4) is 0 Å². The minimum absolute atomic E-state index is 0.811. The quantitative estimate of drug-likeness (QED) is 0.467. The Morgan fingerprint density at radius 3 is 2.60 bits per heavy atom. The van der Waals surface area contributed by atoms with Gasteiger partial charge in [0, 0.05) is 24.8 Å². The third kappa shape index (κ3) is 2.68. The normalized spacial score (nSPS) is 10.9. The van der Waals surface area contributed by atoms with Crippen molar-refractivity contribution in [2.24, 2.45) is 5.16 Å². The molecular formula is C11H17N3O. The van der Waals surface area contributed by atoms with Gasteiger partial charge in [0.1, 0.15) is 5.82 Å². The molecule has 15 heavy (non-hydrogen) atoms. The minimum Gasteiger partial charge on any atom is -0.411 e. The highest BCUT2D eigenvalue weighted by molar-refractivity contribution is 5.79. The van der Waals surface area contributed by atoms with Gasteiger partial charge in [0.15, 0.2) is 0 Å². The fourth-order valence-corrected chi connectivity index (χ4v) is 1.58. The fourth-order valence-electron chi connectivity index (χ4n) is 1.58. The lowest BCUT2D eigenvalue weighted by Gasteiger charge is -2.21. The molecule has 1 rings (SSSR count). The number of nitrogens with zero attached hydrogens (tertiary/aromatic N) is 3. The van der Waals surface area contributed by atoms with Gasteiger partial charge in [0.2, 0.25) is 0 Å². The van der Waals surface area contributed by atoms with Crippen LogP contribution in [-0.2, 0) is 0 Å². The lowest BCUT2D eigenvalue weighted by molar-refractivity contribution is 0.322. The summed E-state index contributed by atoms with van der Waals surface area (Å²) < 4.78 is 0. The molecule has 0 saturated heterocycles. The molecule has 0 fully saturated rings. The maximum absolute atomic E-state index is 8.41. The number of oxime groups is 1. The highest BCUT2D eigenvalue weighted by Crippen LogP contribution is 2.16. The van der Waals surface area contributed by atoms with Crippen LogP contribution in [0, 0.1) is 6.92 Å². The SMILES string of the molecule is CCN(CC)c1ncc(C=NO)cc1C. The summed E-state index contributed by atoms with van der Waals surface area (Å²) in [6.07, 6.45) is 3.09. The zero-order valence-electron chi connectivity index (χ0n) is 9.44. The van der Waals surface area contributed by atoms with Crippen molar-refractivity contribution in [3.63, 3.8) is 0 Å². The van der Waals surface area contributed by atoms with Gasteiger partial charge >= 0.3 is 0 Å². The number of aromatic nitrogens is 1. The zero-order chi connectivity index (χ0) is 11.3. The first-order chi connectivity index (χ1) is 7.22. The summed E-state index contributed by atoms with van der Waals surface area (Å²) >= 11 is 0. The van der Waals surface area contributed by atoms with E-state index in [1.807, 2.05) is 13.0 Å². The van der Waals surface area contributed by atoms with Crippen LogP contribution in [0.2, 0.25) is 0 Å². The van der Waals surface area contributed by atoms with E-state index in [-0.39, 0.29) is 0 Å². The second-order valence-corrected chi connectivity index (χ2v) is 3.33. The molecule has 0 aliphatic heterocycles. The van der Waals surface area contributed by atoms with Gasteiger partial charge in [-0.2, -0.15) is 0 Å². The summed E-state index contributed by atoms with van der Waals surface area (Å²) in [5.74, 6) is 0.995. The second-order valence-electron chi connectivity index (χ2n) is 3.33. The first-order valence-electron chi connectivity index (χ1n) is 5.11. The van der Waals surface area contributed by atoms with E-state index in [0.29, 0.717) is 0 Å². The summed E-state index contributed by atoms with van der Waals surface area (Å²) in [7, 11) is 0. The summed E-state index contributed by atoms with van der Waals surface area (Å²) in [6.45, 7) is 8.10. The molecule has 0 bridgehead atoms. The Morgan fingerprint density at radius 2 is 2.13 bits per heavy atom. The van der Waals surface area contributed by atoms with Gasteiger partial charge in [0.25, 0.3) is 0 Å². The van der Waals surface area contributed by atoms with E-state index in [1.54, 1.807) is 6.20 Å². The molecule has 1 heterocycles. The average molecular weight is 207 g/mol. The standard InChI is InChI=1S/C11H17N3O/c1-4-14(5-2)11-9(3)6-10(7-12-11)8-13-15/h6-8,15H,4-5H2,1-3H3. The number of pyridine rings is 1. The first-order valence-corrected chi connectivity index (χ1v) is 5.11. The van der Waals surface area contributed by atoms with E-state index in [2.05, 4.69) is 28.9 Å². The van der Waals surface area contributed by atoms with Gasteiger partial charge in [-0.25, -0.2) is 4.98 Å². The molecule has 0 amide bonds. The predicted molar refractivity (Wildman–Crippen MR) is 61.9 cm³/mol. The third-order valence-electron chi connectivity index (χ3n) is 2.34. The van der Waals surface area contributed by atoms with E-state index in [1.165, 1.54) is 6.21 Å². The first kappa shape index (κ1) is 11.5. The van der Waals surface area contributed by atoms with Crippen LogP contribution in [0.5, 0.6) is 0 Å². The molecular weight excluding hydrogens is 190 g/mol. The summed E-state index contributed by atoms with van der Waals surface area (Å²) in [4.78, 5) is 6.55. The van der Waals surface area contributed by atoms with Gasteiger partial charge in [-0.05, 0) is 32.4 Å². The predicted octanol–water partition coefficient (Wildman–Crippen LogP) is 2.04. The highest BCUT2D eigenvalue weighted by atomic mass is 16.4. The molecule has 0 spiro atoms. The lowest BCUT2D eigenvalue weighted by atomic mass is 10.2. The lowest BCUT2D eigenvalue weighted by Crippen LogP contribution is -2.23. The molecule has 1 aromatic heterocycles. The van der Waals surface area contributed by atoms with Crippen molar-refractivity contribution in [2.45, 2.75) is 20.8 Å². The van der Waals surface area contributed by atoms with Gasteiger partial charge in [-0.1, -0.05) is 5.16 Å². The van der Waals surface area contributed by atoms with Crippen molar-refractivity contribution in [3.05, 3.63) is 23.4 Å². The zero-order valence-corrected chi connectivity index (χ0v) is 9.44. The van der Waals surface area contributed by atoms with Gasteiger partial charge in [-0.15, -0.1) is 0 Å². The van der Waals surface area contributed by atoms with Crippen LogP contribution in [0.3, 0.4) is 0 Å². The number of hydrogen-bond donors (Lipinski definition) is 1. The van der Waals surface area contributed by atoms with E-state index >= 15 is 0 Å². The van der Waals surface area contributed by atoms with Crippen LogP contribution >= 0.6 is 0 Å². The summed E-state index contributed by atoms with van der Waals surface area (Å²) in [5.41, 5.74) is 1.90. The smallest absolute Gasteiger partial charge is 0.131 e. The molecule has 4 nitrogen and oxygen atoms in total. The number of aryl methyl sites for hydroxylation is 1. The maximum Gasteiger partial charge on any atom is 0.131 e. The van der Waals surface area contributed by atoms with Gasteiger partial charge in [-0.3, -0.25) is 0 Å². The van der Waals surface area contributed by atoms with E-state index < -0.39 is 0 Å². The molecule has 0 saturated carbocycles. The van der Waals surface area contributed by atoms with Crippen molar-refractivity contribution >= 4 is 12.0 Å². The summed E-state index contributed by atoms with van der Waals surface area (Å²) in [5, 5.41) is 11.4. The maximum atomic E-state index is 8.41. The molecule has 0 aliphatic carbocycles. The van der Waals surface area contributed by atoms with Crippen LogP contribution in [0.1, 0.15) is 25.0 Å². The van der Waals surface area contributed by atoms with Crippen molar-refractivity contribution in [1.82, 2.24) is 4.98 Å². The second kappa shape index (κ2) is 5.34. The van der Waals surface area contributed by atoms with Crippen LogP contribution in [0.4, 0.5) is 5.82 Å². The van der Waals surface area contributed by atoms with Crippen molar-refractivity contribution in [2.75, 3.05) is 18.0 Å². The third-order valence-corrected chi connectivity index (χ3v) is 2.34. The van der Waals surface area contributed by atoms with Crippen LogP contribution < -0.4 is 4.90 Å². The van der Waals surface area contributed by atoms with Crippen LogP contribution in [0.25, 0.3) is 0 Å².